The molecule has 2 amide bonds. The summed E-state index contributed by atoms with van der Waals surface area (Å²) in [4.78, 5) is 35.0. The highest BCUT2D eigenvalue weighted by molar-refractivity contribution is 7.13. The van der Waals surface area contributed by atoms with E-state index in [1.54, 1.807) is 12.4 Å². The van der Waals surface area contributed by atoms with Gasteiger partial charge in [0, 0.05) is 48.5 Å². The summed E-state index contributed by atoms with van der Waals surface area (Å²) in [6.45, 7) is 1.39. The van der Waals surface area contributed by atoms with E-state index in [0.29, 0.717) is 13.0 Å². The highest BCUT2D eigenvalue weighted by Crippen LogP contribution is 2.23. The lowest BCUT2D eigenvalue weighted by Crippen LogP contribution is -2.34. The molecule has 4 rings (SSSR count). The maximum Gasteiger partial charge on any atom is 0.230 e. The van der Waals surface area contributed by atoms with Gasteiger partial charge in [0.25, 0.3) is 0 Å². The lowest BCUT2D eigenvalue weighted by atomic mass is 10.1. The van der Waals surface area contributed by atoms with Crippen LogP contribution in [0.4, 0.5) is 5.69 Å². The van der Waals surface area contributed by atoms with Crippen molar-refractivity contribution in [3.63, 3.8) is 0 Å². The first-order chi connectivity index (χ1) is 14.2. The first-order valence-electron chi connectivity index (χ1n) is 9.69. The lowest BCUT2D eigenvalue weighted by molar-refractivity contribution is -0.133. The number of carbonyl (C=O) groups excluding carboxylic acids is 2. The number of nitrogens with zero attached hydrogens (tertiary/aromatic N) is 3. The summed E-state index contributed by atoms with van der Waals surface area (Å²) >= 11 is 1.50. The minimum absolute atomic E-state index is 0.112. The monoisotopic (exact) mass is 406 g/mol. The molecule has 7 heteroatoms. The maximum absolute atomic E-state index is 12.5. The second kappa shape index (κ2) is 8.96. The van der Waals surface area contributed by atoms with Gasteiger partial charge in [-0.3, -0.25) is 14.6 Å². The molecule has 1 N–H and O–H groups in total. The van der Waals surface area contributed by atoms with Gasteiger partial charge in [-0.15, -0.1) is 11.3 Å². The number of hydrogen-bond acceptors (Lipinski definition) is 5. The van der Waals surface area contributed by atoms with Crippen LogP contribution in [0, 0.1) is 0 Å². The molecule has 0 spiro atoms. The largest absolute Gasteiger partial charge is 0.338 e. The van der Waals surface area contributed by atoms with E-state index in [2.05, 4.69) is 15.3 Å². The Morgan fingerprint density at radius 3 is 2.97 bits per heavy atom. The van der Waals surface area contributed by atoms with Crippen LogP contribution < -0.4 is 5.32 Å². The number of aromatic nitrogens is 2. The number of nitrogens with one attached hydrogen (secondary N) is 1. The second-order valence-electron chi connectivity index (χ2n) is 7.08. The molecule has 2 aromatic heterocycles. The first kappa shape index (κ1) is 19.3. The van der Waals surface area contributed by atoms with E-state index < -0.39 is 0 Å². The number of rotatable bonds is 6. The smallest absolute Gasteiger partial charge is 0.230 e. The number of benzene rings is 1. The van der Waals surface area contributed by atoms with Gasteiger partial charge in [0.15, 0.2) is 0 Å². The summed E-state index contributed by atoms with van der Waals surface area (Å²) in [7, 11) is 0. The molecular weight excluding hydrogens is 384 g/mol. The van der Waals surface area contributed by atoms with Gasteiger partial charge < -0.3 is 10.2 Å². The molecule has 1 aromatic carbocycles. The Kier molecular flexibility index (Phi) is 5.95. The van der Waals surface area contributed by atoms with Crippen molar-refractivity contribution in [1.29, 1.82) is 0 Å². The SMILES string of the molecule is O=C(Cc1csc(-c2cccnc2)n1)Nc1cccc(CN2CCCCC2=O)c1. The van der Waals surface area contributed by atoms with Gasteiger partial charge in [-0.05, 0) is 42.7 Å². The number of likely N-dealkylation sites (tertiary alicyclic amines) is 1. The average Bonchev–Trinajstić information content (AvgIpc) is 3.19. The van der Waals surface area contributed by atoms with E-state index in [0.717, 1.165) is 46.9 Å². The minimum atomic E-state index is -0.112. The predicted octanol–water partition coefficient (Wildman–Crippen LogP) is 3.90. The molecule has 1 fully saturated rings. The Bertz CT molecular complexity index is 1000. The Morgan fingerprint density at radius 2 is 2.14 bits per heavy atom. The fourth-order valence-electron chi connectivity index (χ4n) is 3.38. The van der Waals surface area contributed by atoms with Crippen LogP contribution in [0.1, 0.15) is 30.5 Å². The number of amides is 2. The van der Waals surface area contributed by atoms with Crippen molar-refractivity contribution < 1.29 is 9.59 Å². The average molecular weight is 407 g/mol. The zero-order valence-corrected chi connectivity index (χ0v) is 16.8. The summed E-state index contributed by atoms with van der Waals surface area (Å²) in [5.74, 6) is 0.0953. The quantitative estimate of drug-likeness (QED) is 0.674. The van der Waals surface area contributed by atoms with Gasteiger partial charge in [-0.2, -0.15) is 0 Å². The van der Waals surface area contributed by atoms with Crippen LogP contribution in [0.5, 0.6) is 0 Å². The summed E-state index contributed by atoms with van der Waals surface area (Å²) in [6, 6.07) is 11.5. The second-order valence-corrected chi connectivity index (χ2v) is 7.94. The van der Waals surface area contributed by atoms with Crippen molar-refractivity contribution in [2.24, 2.45) is 0 Å². The van der Waals surface area contributed by atoms with E-state index in [9.17, 15) is 9.59 Å². The number of anilines is 1. The maximum atomic E-state index is 12.5. The number of thiazole rings is 1. The molecule has 1 aliphatic heterocycles. The standard InChI is InChI=1S/C22H22N4O2S/c27-20(12-19-15-29-22(25-19)17-6-4-9-23-13-17)24-18-7-3-5-16(11-18)14-26-10-2-1-8-21(26)28/h3-7,9,11,13,15H,1-2,8,10,12,14H2,(H,24,27). The molecule has 29 heavy (non-hydrogen) atoms. The molecule has 148 valence electrons. The molecule has 6 nitrogen and oxygen atoms in total. The number of piperidine rings is 1. The third-order valence-electron chi connectivity index (χ3n) is 4.81. The molecule has 1 saturated heterocycles. The summed E-state index contributed by atoms with van der Waals surface area (Å²) in [6.07, 6.45) is 6.36. The van der Waals surface area contributed by atoms with Crippen molar-refractivity contribution in [1.82, 2.24) is 14.9 Å². The van der Waals surface area contributed by atoms with Crippen LogP contribution >= 0.6 is 11.3 Å². The molecule has 0 unspecified atom stereocenters. The van der Waals surface area contributed by atoms with E-state index >= 15 is 0 Å². The molecule has 0 saturated carbocycles. The third-order valence-corrected chi connectivity index (χ3v) is 5.75. The predicted molar refractivity (Wildman–Crippen MR) is 113 cm³/mol. The van der Waals surface area contributed by atoms with E-state index in [1.165, 1.54) is 11.3 Å². The first-order valence-corrected chi connectivity index (χ1v) is 10.6. The fraction of sp³-hybridized carbons (Fsp3) is 0.273. The molecular formula is C22H22N4O2S. The topological polar surface area (TPSA) is 75.2 Å². The Morgan fingerprint density at radius 1 is 1.21 bits per heavy atom. The van der Waals surface area contributed by atoms with Gasteiger partial charge in [0.1, 0.15) is 5.01 Å². The highest BCUT2D eigenvalue weighted by Gasteiger charge is 2.18. The Balaban J connectivity index is 1.36. The number of hydrogen-bond donors (Lipinski definition) is 1. The molecule has 3 heterocycles. The van der Waals surface area contributed by atoms with Gasteiger partial charge >= 0.3 is 0 Å². The molecule has 0 aliphatic carbocycles. The zero-order valence-electron chi connectivity index (χ0n) is 16.0. The number of pyridine rings is 1. The van der Waals surface area contributed by atoms with E-state index in [4.69, 9.17) is 0 Å². The van der Waals surface area contributed by atoms with Crippen molar-refractivity contribution in [3.05, 3.63) is 65.4 Å². The van der Waals surface area contributed by atoms with Crippen molar-refractivity contribution in [2.75, 3.05) is 11.9 Å². The van der Waals surface area contributed by atoms with E-state index in [-0.39, 0.29) is 18.2 Å². The Hall–Kier alpha value is -3.06. The zero-order chi connectivity index (χ0) is 20.1. The van der Waals surface area contributed by atoms with Gasteiger partial charge in [-0.1, -0.05) is 12.1 Å². The third kappa shape index (κ3) is 5.06. The highest BCUT2D eigenvalue weighted by atomic mass is 32.1. The normalized spacial score (nSPS) is 14.1. The van der Waals surface area contributed by atoms with Crippen LogP contribution in [-0.4, -0.2) is 33.2 Å². The molecule has 0 bridgehead atoms. The van der Waals surface area contributed by atoms with Crippen molar-refractivity contribution in [3.8, 4) is 10.6 Å². The summed E-state index contributed by atoms with van der Waals surface area (Å²) in [5, 5.41) is 5.70. The van der Waals surface area contributed by atoms with Crippen LogP contribution in [-0.2, 0) is 22.6 Å². The van der Waals surface area contributed by atoms with Crippen LogP contribution in [0.2, 0.25) is 0 Å². The summed E-state index contributed by atoms with van der Waals surface area (Å²) in [5.41, 5.74) is 3.44. The van der Waals surface area contributed by atoms with Gasteiger partial charge in [-0.25, -0.2) is 4.98 Å². The van der Waals surface area contributed by atoms with Crippen LogP contribution in [0.25, 0.3) is 10.6 Å². The molecule has 0 radical (unpaired) electrons. The van der Waals surface area contributed by atoms with Gasteiger partial charge in [0.05, 0.1) is 12.1 Å². The minimum Gasteiger partial charge on any atom is -0.338 e. The summed E-state index contributed by atoms with van der Waals surface area (Å²) < 4.78 is 0. The Labute approximate surface area is 173 Å². The van der Waals surface area contributed by atoms with Crippen LogP contribution in [0.3, 0.4) is 0 Å². The molecule has 3 aromatic rings. The lowest BCUT2D eigenvalue weighted by Gasteiger charge is -2.26. The van der Waals surface area contributed by atoms with Crippen molar-refractivity contribution >= 4 is 28.8 Å². The fourth-order valence-corrected chi connectivity index (χ4v) is 4.19. The molecule has 0 atom stereocenters. The number of carbonyl (C=O) groups is 2. The van der Waals surface area contributed by atoms with Gasteiger partial charge in [0.2, 0.25) is 11.8 Å². The van der Waals surface area contributed by atoms with Crippen molar-refractivity contribution in [2.45, 2.75) is 32.2 Å². The molecule has 1 aliphatic rings. The van der Waals surface area contributed by atoms with Crippen LogP contribution in [0.15, 0.2) is 54.2 Å². The van der Waals surface area contributed by atoms with E-state index in [1.807, 2.05) is 46.7 Å².